The summed E-state index contributed by atoms with van der Waals surface area (Å²) in [6.07, 6.45) is 5.50. The maximum absolute atomic E-state index is 5.32. The molecule has 3 rings (SSSR count). The lowest BCUT2D eigenvalue weighted by Crippen LogP contribution is -2.30. The largest absolute Gasteiger partial charge is 0.467 e. The van der Waals surface area contributed by atoms with Crippen molar-refractivity contribution in [2.24, 2.45) is 0 Å². The minimum atomic E-state index is 0.642. The average molecular weight is 272 g/mol. The molecule has 1 N–H and O–H groups in total. The van der Waals surface area contributed by atoms with E-state index >= 15 is 0 Å². The second-order valence-electron chi connectivity index (χ2n) is 5.14. The van der Waals surface area contributed by atoms with E-state index in [4.69, 9.17) is 4.42 Å². The summed E-state index contributed by atoms with van der Waals surface area (Å²) in [6, 6.07) is 5.87. The monoisotopic (exact) mass is 272 g/mol. The van der Waals surface area contributed by atoms with Crippen molar-refractivity contribution in [1.82, 2.24) is 9.97 Å². The molecule has 1 fully saturated rings. The normalized spacial score (nSPS) is 15.3. The molecule has 0 atom stereocenters. The minimum Gasteiger partial charge on any atom is -0.467 e. The van der Waals surface area contributed by atoms with Crippen LogP contribution in [0.25, 0.3) is 0 Å². The zero-order valence-electron chi connectivity index (χ0n) is 11.8. The van der Waals surface area contributed by atoms with Crippen LogP contribution >= 0.6 is 0 Å². The molecule has 0 bridgehead atoms. The van der Waals surface area contributed by atoms with Crippen molar-refractivity contribution in [2.75, 3.05) is 23.3 Å². The van der Waals surface area contributed by atoms with E-state index < -0.39 is 0 Å². The number of piperidine rings is 1. The maximum atomic E-state index is 5.32. The standard InChI is InChI=1S/C15H20N4O/c1-12-17-14(16-11-13-6-5-9-20-13)10-15(18-12)19-7-3-2-4-8-19/h5-6,9-10H,2-4,7-8,11H2,1H3,(H,16,17,18). The lowest BCUT2D eigenvalue weighted by molar-refractivity contribution is 0.517. The van der Waals surface area contributed by atoms with E-state index in [-0.39, 0.29) is 0 Å². The Balaban J connectivity index is 1.72. The predicted molar refractivity (Wildman–Crippen MR) is 78.9 cm³/mol. The van der Waals surface area contributed by atoms with Crippen LogP contribution in [-0.4, -0.2) is 23.1 Å². The number of hydrogen-bond donors (Lipinski definition) is 1. The molecule has 2 aromatic rings. The zero-order chi connectivity index (χ0) is 13.8. The highest BCUT2D eigenvalue weighted by atomic mass is 16.3. The molecule has 5 heteroatoms. The van der Waals surface area contributed by atoms with Crippen LogP contribution in [0.2, 0.25) is 0 Å². The third-order valence-electron chi connectivity index (χ3n) is 3.53. The Hall–Kier alpha value is -2.04. The summed E-state index contributed by atoms with van der Waals surface area (Å²) in [5.74, 6) is 3.59. The van der Waals surface area contributed by atoms with Gasteiger partial charge in [0.2, 0.25) is 0 Å². The van der Waals surface area contributed by atoms with Gasteiger partial charge in [-0.05, 0) is 38.3 Å². The maximum Gasteiger partial charge on any atom is 0.134 e. The summed E-state index contributed by atoms with van der Waals surface area (Å²) in [5, 5.41) is 3.30. The Labute approximate surface area is 119 Å². The van der Waals surface area contributed by atoms with Crippen LogP contribution in [0.5, 0.6) is 0 Å². The molecule has 0 radical (unpaired) electrons. The van der Waals surface area contributed by atoms with Gasteiger partial charge in [-0.1, -0.05) is 0 Å². The highest BCUT2D eigenvalue weighted by Gasteiger charge is 2.13. The summed E-state index contributed by atoms with van der Waals surface area (Å²) in [4.78, 5) is 11.3. The van der Waals surface area contributed by atoms with E-state index in [0.29, 0.717) is 6.54 Å². The second-order valence-corrected chi connectivity index (χ2v) is 5.14. The number of aryl methyl sites for hydroxylation is 1. The van der Waals surface area contributed by atoms with Crippen molar-refractivity contribution in [3.63, 3.8) is 0 Å². The first-order valence-corrected chi connectivity index (χ1v) is 7.18. The molecule has 0 amide bonds. The first-order valence-electron chi connectivity index (χ1n) is 7.18. The smallest absolute Gasteiger partial charge is 0.134 e. The topological polar surface area (TPSA) is 54.2 Å². The molecule has 0 aromatic carbocycles. The van der Waals surface area contributed by atoms with Gasteiger partial charge in [-0.2, -0.15) is 0 Å². The third kappa shape index (κ3) is 3.10. The Morgan fingerprint density at radius 3 is 2.85 bits per heavy atom. The number of anilines is 2. The summed E-state index contributed by atoms with van der Waals surface area (Å²) in [6.45, 7) is 4.76. The van der Waals surface area contributed by atoms with Crippen LogP contribution in [-0.2, 0) is 6.54 Å². The van der Waals surface area contributed by atoms with Gasteiger partial charge >= 0.3 is 0 Å². The van der Waals surface area contributed by atoms with Crippen molar-refractivity contribution < 1.29 is 4.42 Å². The van der Waals surface area contributed by atoms with Gasteiger partial charge in [-0.15, -0.1) is 0 Å². The van der Waals surface area contributed by atoms with Gasteiger partial charge in [0.1, 0.15) is 23.2 Å². The van der Waals surface area contributed by atoms with Crippen LogP contribution in [0, 0.1) is 6.92 Å². The second kappa shape index (κ2) is 5.94. The van der Waals surface area contributed by atoms with E-state index in [1.165, 1.54) is 19.3 Å². The summed E-state index contributed by atoms with van der Waals surface area (Å²) < 4.78 is 5.32. The molecule has 20 heavy (non-hydrogen) atoms. The SMILES string of the molecule is Cc1nc(NCc2ccco2)cc(N2CCCCC2)n1. The molecule has 1 aliphatic heterocycles. The van der Waals surface area contributed by atoms with Crippen LogP contribution in [0.3, 0.4) is 0 Å². The van der Waals surface area contributed by atoms with Gasteiger partial charge in [-0.25, -0.2) is 9.97 Å². The van der Waals surface area contributed by atoms with Gasteiger partial charge in [0, 0.05) is 19.2 Å². The first-order chi connectivity index (χ1) is 9.81. The van der Waals surface area contributed by atoms with E-state index in [1.54, 1.807) is 6.26 Å². The molecule has 106 valence electrons. The highest BCUT2D eigenvalue weighted by molar-refractivity contribution is 5.49. The molecule has 1 aliphatic rings. The number of furan rings is 1. The number of nitrogens with zero attached hydrogens (tertiary/aromatic N) is 3. The molecular formula is C15H20N4O. The molecule has 3 heterocycles. The molecule has 0 saturated carbocycles. The van der Waals surface area contributed by atoms with Gasteiger partial charge in [0.05, 0.1) is 12.8 Å². The first kappa shape index (κ1) is 13.0. The van der Waals surface area contributed by atoms with Crippen LogP contribution in [0.1, 0.15) is 30.8 Å². The lowest BCUT2D eigenvalue weighted by Gasteiger charge is -2.28. The van der Waals surface area contributed by atoms with Crippen molar-refractivity contribution in [2.45, 2.75) is 32.7 Å². The predicted octanol–water partition coefficient (Wildman–Crippen LogP) is 2.98. The summed E-state index contributed by atoms with van der Waals surface area (Å²) in [5.41, 5.74) is 0. The minimum absolute atomic E-state index is 0.642. The van der Waals surface area contributed by atoms with Crippen molar-refractivity contribution in [1.29, 1.82) is 0 Å². The van der Waals surface area contributed by atoms with Gasteiger partial charge in [-0.3, -0.25) is 0 Å². The number of aromatic nitrogens is 2. The molecule has 5 nitrogen and oxygen atoms in total. The van der Waals surface area contributed by atoms with Crippen molar-refractivity contribution >= 4 is 11.6 Å². The Kier molecular flexibility index (Phi) is 3.85. The van der Waals surface area contributed by atoms with Crippen LogP contribution in [0.4, 0.5) is 11.6 Å². The van der Waals surface area contributed by atoms with Crippen molar-refractivity contribution in [3.05, 3.63) is 36.0 Å². The molecular weight excluding hydrogens is 252 g/mol. The molecule has 1 saturated heterocycles. The number of nitrogens with one attached hydrogen (secondary N) is 1. The fourth-order valence-corrected chi connectivity index (χ4v) is 2.52. The van der Waals surface area contributed by atoms with Gasteiger partial charge < -0.3 is 14.6 Å². The van der Waals surface area contributed by atoms with E-state index in [0.717, 1.165) is 36.3 Å². The summed E-state index contributed by atoms with van der Waals surface area (Å²) >= 11 is 0. The van der Waals surface area contributed by atoms with Crippen LogP contribution < -0.4 is 10.2 Å². The lowest BCUT2D eigenvalue weighted by atomic mass is 10.1. The van der Waals surface area contributed by atoms with Crippen molar-refractivity contribution in [3.8, 4) is 0 Å². The van der Waals surface area contributed by atoms with Gasteiger partial charge in [0.25, 0.3) is 0 Å². The number of hydrogen-bond acceptors (Lipinski definition) is 5. The Bertz CT molecular complexity index is 547. The molecule has 2 aromatic heterocycles. The third-order valence-corrected chi connectivity index (χ3v) is 3.53. The quantitative estimate of drug-likeness (QED) is 0.927. The van der Waals surface area contributed by atoms with E-state index in [2.05, 4.69) is 20.2 Å². The van der Waals surface area contributed by atoms with Crippen LogP contribution in [0.15, 0.2) is 28.9 Å². The van der Waals surface area contributed by atoms with E-state index in [1.807, 2.05) is 25.1 Å². The molecule has 0 aliphatic carbocycles. The zero-order valence-corrected chi connectivity index (χ0v) is 11.8. The Morgan fingerprint density at radius 1 is 1.25 bits per heavy atom. The average Bonchev–Trinajstić information content (AvgIpc) is 2.99. The molecule has 0 unspecified atom stereocenters. The Morgan fingerprint density at radius 2 is 2.10 bits per heavy atom. The highest BCUT2D eigenvalue weighted by Crippen LogP contribution is 2.20. The fourth-order valence-electron chi connectivity index (χ4n) is 2.52. The van der Waals surface area contributed by atoms with Gasteiger partial charge in [0.15, 0.2) is 0 Å². The number of rotatable bonds is 4. The van der Waals surface area contributed by atoms with E-state index in [9.17, 15) is 0 Å². The molecule has 0 spiro atoms. The fraction of sp³-hybridized carbons (Fsp3) is 0.467. The summed E-state index contributed by atoms with van der Waals surface area (Å²) in [7, 11) is 0.